The first-order valence-electron chi connectivity index (χ1n) is 6.00. The Morgan fingerprint density at radius 2 is 2.00 bits per heavy atom. The number of hydrogen-bond acceptors (Lipinski definition) is 3. The van der Waals surface area contributed by atoms with Crippen LogP contribution in [0, 0.1) is 0 Å². The predicted molar refractivity (Wildman–Crippen MR) is 73.1 cm³/mol. The number of benzene rings is 1. The molecule has 0 radical (unpaired) electrons. The van der Waals surface area contributed by atoms with Crippen molar-refractivity contribution in [3.8, 4) is 0 Å². The van der Waals surface area contributed by atoms with Crippen LogP contribution in [0.15, 0.2) is 24.3 Å². The van der Waals surface area contributed by atoms with Crippen LogP contribution in [0.3, 0.4) is 0 Å². The minimum absolute atomic E-state index is 0.179. The molecule has 18 heavy (non-hydrogen) atoms. The Balaban J connectivity index is 1.78. The van der Waals surface area contributed by atoms with Crippen LogP contribution >= 0.6 is 11.6 Å². The Morgan fingerprint density at radius 1 is 1.33 bits per heavy atom. The second-order valence-electron chi connectivity index (χ2n) is 4.49. The first-order valence-corrected chi connectivity index (χ1v) is 8.03. The molecule has 1 aliphatic heterocycles. The fraction of sp³-hybridized carbons (Fsp3) is 0.500. The average molecular weight is 289 g/mol. The predicted octanol–water partition coefficient (Wildman–Crippen LogP) is 1.51. The molecule has 1 saturated heterocycles. The fourth-order valence-corrected chi connectivity index (χ4v) is 3.01. The molecule has 6 heteroatoms. The monoisotopic (exact) mass is 288 g/mol. The average Bonchev–Trinajstić information content (AvgIpc) is 2.26. The smallest absolute Gasteiger partial charge is 0.211 e. The van der Waals surface area contributed by atoms with E-state index in [0.717, 1.165) is 18.5 Å². The molecule has 2 rings (SSSR count). The van der Waals surface area contributed by atoms with Gasteiger partial charge in [0.2, 0.25) is 10.0 Å². The van der Waals surface area contributed by atoms with Crippen molar-refractivity contribution >= 4 is 21.6 Å². The van der Waals surface area contributed by atoms with Crippen molar-refractivity contribution in [3.05, 3.63) is 34.9 Å². The van der Waals surface area contributed by atoms with Crippen molar-refractivity contribution in [1.82, 2.24) is 10.0 Å². The Hall–Kier alpha value is -0.620. The van der Waals surface area contributed by atoms with Crippen LogP contribution in [0.5, 0.6) is 0 Å². The summed E-state index contributed by atoms with van der Waals surface area (Å²) in [6.45, 7) is 1.32. The van der Waals surface area contributed by atoms with E-state index in [2.05, 4.69) is 10.0 Å². The highest BCUT2D eigenvalue weighted by atomic mass is 35.5. The van der Waals surface area contributed by atoms with Crippen LogP contribution in [0.2, 0.25) is 5.02 Å². The molecule has 0 bridgehead atoms. The number of hydrogen-bond donors (Lipinski definition) is 2. The van der Waals surface area contributed by atoms with Crippen molar-refractivity contribution in [2.24, 2.45) is 0 Å². The number of rotatable bonds is 6. The summed E-state index contributed by atoms with van der Waals surface area (Å²) in [4.78, 5) is 0. The van der Waals surface area contributed by atoms with Gasteiger partial charge in [-0.1, -0.05) is 23.7 Å². The fourth-order valence-electron chi connectivity index (χ4n) is 1.76. The van der Waals surface area contributed by atoms with Gasteiger partial charge in [-0.3, -0.25) is 0 Å². The molecule has 1 aromatic rings. The van der Waals surface area contributed by atoms with Gasteiger partial charge >= 0.3 is 0 Å². The number of sulfonamides is 1. The van der Waals surface area contributed by atoms with Crippen LogP contribution in [0.1, 0.15) is 18.4 Å². The molecule has 0 spiro atoms. The van der Waals surface area contributed by atoms with E-state index in [4.69, 9.17) is 11.6 Å². The third-order valence-electron chi connectivity index (χ3n) is 3.07. The van der Waals surface area contributed by atoms with Crippen molar-refractivity contribution in [3.63, 3.8) is 0 Å². The van der Waals surface area contributed by atoms with E-state index in [9.17, 15) is 8.42 Å². The highest BCUT2D eigenvalue weighted by Gasteiger charge is 2.19. The maximum atomic E-state index is 11.8. The van der Waals surface area contributed by atoms with E-state index in [-0.39, 0.29) is 5.75 Å². The molecule has 2 N–H and O–H groups in total. The minimum Gasteiger partial charge on any atom is -0.314 e. The lowest BCUT2D eigenvalue weighted by Gasteiger charge is -2.27. The van der Waals surface area contributed by atoms with Gasteiger partial charge in [-0.2, -0.15) is 0 Å². The Morgan fingerprint density at radius 3 is 2.56 bits per heavy atom. The highest BCUT2D eigenvalue weighted by molar-refractivity contribution is 7.89. The molecule has 0 amide bonds. The second kappa shape index (κ2) is 6.02. The maximum absolute atomic E-state index is 11.8. The number of halogens is 1. The van der Waals surface area contributed by atoms with Crippen LogP contribution in [0.25, 0.3) is 0 Å². The zero-order valence-corrected chi connectivity index (χ0v) is 11.6. The molecule has 100 valence electrons. The number of nitrogens with one attached hydrogen (secondary N) is 2. The lowest BCUT2D eigenvalue weighted by Crippen LogP contribution is -2.44. The summed E-state index contributed by atoms with van der Waals surface area (Å²) in [5.41, 5.74) is 0.907. The summed E-state index contributed by atoms with van der Waals surface area (Å²) in [6.07, 6.45) is 1.75. The van der Waals surface area contributed by atoms with Crippen molar-refractivity contribution < 1.29 is 8.42 Å². The maximum Gasteiger partial charge on any atom is 0.211 e. The Bertz CT molecular complexity index is 483. The van der Waals surface area contributed by atoms with E-state index < -0.39 is 10.0 Å². The molecule has 4 nitrogen and oxygen atoms in total. The molecule has 1 heterocycles. The molecule has 0 aliphatic carbocycles. The third kappa shape index (κ3) is 4.24. The van der Waals surface area contributed by atoms with E-state index in [1.54, 1.807) is 12.1 Å². The SMILES string of the molecule is O=S(=O)(CCC1CCN1)NCc1ccc(Cl)cc1. The van der Waals surface area contributed by atoms with Crippen LogP contribution in [0.4, 0.5) is 0 Å². The molecule has 0 aromatic heterocycles. The lowest BCUT2D eigenvalue weighted by molar-refractivity contribution is 0.361. The van der Waals surface area contributed by atoms with E-state index in [1.807, 2.05) is 12.1 Å². The molecule has 1 fully saturated rings. The lowest BCUT2D eigenvalue weighted by atomic mass is 10.1. The van der Waals surface area contributed by atoms with Crippen LogP contribution in [-0.4, -0.2) is 26.8 Å². The third-order valence-corrected chi connectivity index (χ3v) is 4.68. The van der Waals surface area contributed by atoms with Gasteiger partial charge in [0.05, 0.1) is 5.75 Å². The minimum atomic E-state index is -3.18. The zero-order valence-electron chi connectivity index (χ0n) is 10.0. The van der Waals surface area contributed by atoms with Gasteiger partial charge in [0.25, 0.3) is 0 Å². The summed E-state index contributed by atoms with van der Waals surface area (Å²) in [6, 6.07) is 7.51. The molecule has 1 unspecified atom stereocenters. The second-order valence-corrected chi connectivity index (χ2v) is 6.86. The molecule has 0 saturated carbocycles. The largest absolute Gasteiger partial charge is 0.314 e. The normalized spacial score (nSPS) is 19.5. The molecule has 1 atom stereocenters. The van der Waals surface area contributed by atoms with Gasteiger partial charge in [-0.15, -0.1) is 0 Å². The quantitative estimate of drug-likeness (QED) is 0.834. The Labute approximate surface area is 113 Å². The van der Waals surface area contributed by atoms with Crippen molar-refractivity contribution in [1.29, 1.82) is 0 Å². The summed E-state index contributed by atoms with van der Waals surface area (Å²) < 4.78 is 26.1. The van der Waals surface area contributed by atoms with Gasteiger partial charge in [-0.05, 0) is 37.1 Å². The van der Waals surface area contributed by atoms with Gasteiger partial charge in [0.1, 0.15) is 0 Å². The molecule has 1 aliphatic rings. The summed E-state index contributed by atoms with van der Waals surface area (Å²) in [5, 5.41) is 3.84. The van der Waals surface area contributed by atoms with Crippen LogP contribution in [-0.2, 0) is 16.6 Å². The molecular formula is C12H17ClN2O2S. The summed E-state index contributed by atoms with van der Waals surface area (Å²) in [5.74, 6) is 0.179. The topological polar surface area (TPSA) is 58.2 Å². The van der Waals surface area contributed by atoms with Gasteiger partial charge in [0, 0.05) is 17.6 Å². The van der Waals surface area contributed by atoms with E-state index >= 15 is 0 Å². The van der Waals surface area contributed by atoms with E-state index in [0.29, 0.717) is 24.0 Å². The Kier molecular flexibility index (Phi) is 4.61. The van der Waals surface area contributed by atoms with Gasteiger partial charge < -0.3 is 5.32 Å². The molecule has 1 aromatic carbocycles. The van der Waals surface area contributed by atoms with Gasteiger partial charge in [0.15, 0.2) is 0 Å². The highest BCUT2D eigenvalue weighted by Crippen LogP contribution is 2.10. The standard InChI is InChI=1S/C12H17ClN2O2S/c13-11-3-1-10(2-4-11)9-15-18(16,17)8-6-12-5-7-14-12/h1-4,12,14-15H,5-9H2. The summed E-state index contributed by atoms with van der Waals surface area (Å²) in [7, 11) is -3.18. The van der Waals surface area contributed by atoms with Crippen molar-refractivity contribution in [2.45, 2.75) is 25.4 Å². The van der Waals surface area contributed by atoms with Gasteiger partial charge in [-0.25, -0.2) is 13.1 Å². The molecular weight excluding hydrogens is 272 g/mol. The summed E-state index contributed by atoms with van der Waals surface area (Å²) >= 11 is 5.76. The zero-order chi connectivity index (χ0) is 13.0. The first-order chi connectivity index (χ1) is 8.55. The van der Waals surface area contributed by atoms with Crippen molar-refractivity contribution in [2.75, 3.05) is 12.3 Å². The van der Waals surface area contributed by atoms with Crippen LogP contribution < -0.4 is 10.0 Å². The van der Waals surface area contributed by atoms with E-state index in [1.165, 1.54) is 0 Å². The first kappa shape index (κ1) is 13.8.